The van der Waals surface area contributed by atoms with Crippen molar-refractivity contribution in [1.29, 1.82) is 0 Å². The van der Waals surface area contributed by atoms with E-state index in [4.69, 9.17) is 16.7 Å². The lowest BCUT2D eigenvalue weighted by molar-refractivity contribution is -0.117. The SMILES string of the molecule is CCN(CCO)C(=O)c1ccc(Cl)cc1N1CCCC1=O. The number of hydrogen-bond donors (Lipinski definition) is 1. The van der Waals surface area contributed by atoms with Crippen molar-refractivity contribution in [3.05, 3.63) is 28.8 Å². The molecule has 1 aliphatic heterocycles. The van der Waals surface area contributed by atoms with E-state index in [1.165, 1.54) is 0 Å². The van der Waals surface area contributed by atoms with Crippen molar-refractivity contribution in [3.8, 4) is 0 Å². The Bertz CT molecular complexity index is 548. The number of benzene rings is 1. The van der Waals surface area contributed by atoms with Crippen molar-refractivity contribution in [1.82, 2.24) is 4.90 Å². The molecule has 0 aromatic heterocycles. The third kappa shape index (κ3) is 3.36. The van der Waals surface area contributed by atoms with Gasteiger partial charge in [0.15, 0.2) is 0 Å². The van der Waals surface area contributed by atoms with Gasteiger partial charge in [0, 0.05) is 31.1 Å². The Morgan fingerprint density at radius 1 is 1.48 bits per heavy atom. The second-order valence-electron chi connectivity index (χ2n) is 4.92. The average molecular weight is 311 g/mol. The molecule has 0 unspecified atom stereocenters. The Kier molecular flexibility index (Phi) is 5.20. The highest BCUT2D eigenvalue weighted by molar-refractivity contribution is 6.31. The summed E-state index contributed by atoms with van der Waals surface area (Å²) in [5.41, 5.74) is 1.01. The van der Waals surface area contributed by atoms with E-state index in [1.807, 2.05) is 6.92 Å². The Balaban J connectivity index is 2.38. The van der Waals surface area contributed by atoms with Crippen LogP contribution in [0.15, 0.2) is 18.2 Å². The second kappa shape index (κ2) is 6.91. The van der Waals surface area contributed by atoms with Gasteiger partial charge < -0.3 is 14.9 Å². The molecule has 6 heteroatoms. The van der Waals surface area contributed by atoms with Gasteiger partial charge in [-0.15, -0.1) is 0 Å². The lowest BCUT2D eigenvalue weighted by Crippen LogP contribution is -2.35. The number of aliphatic hydroxyl groups excluding tert-OH is 1. The molecule has 0 saturated carbocycles. The largest absolute Gasteiger partial charge is 0.395 e. The smallest absolute Gasteiger partial charge is 0.256 e. The predicted molar refractivity (Wildman–Crippen MR) is 81.7 cm³/mol. The Morgan fingerprint density at radius 3 is 2.81 bits per heavy atom. The first-order valence-corrected chi connectivity index (χ1v) is 7.46. The molecule has 1 aromatic rings. The van der Waals surface area contributed by atoms with E-state index in [9.17, 15) is 9.59 Å². The molecule has 1 saturated heterocycles. The van der Waals surface area contributed by atoms with Crippen LogP contribution in [-0.4, -0.2) is 48.1 Å². The van der Waals surface area contributed by atoms with Crippen LogP contribution >= 0.6 is 11.6 Å². The van der Waals surface area contributed by atoms with E-state index in [1.54, 1.807) is 28.0 Å². The number of hydrogen-bond acceptors (Lipinski definition) is 3. The molecule has 5 nitrogen and oxygen atoms in total. The summed E-state index contributed by atoms with van der Waals surface area (Å²) in [6, 6.07) is 4.95. The van der Waals surface area contributed by atoms with Gasteiger partial charge in [0.25, 0.3) is 5.91 Å². The lowest BCUT2D eigenvalue weighted by atomic mass is 10.1. The van der Waals surface area contributed by atoms with Crippen molar-refractivity contribution >= 4 is 29.1 Å². The van der Waals surface area contributed by atoms with E-state index in [-0.39, 0.29) is 25.0 Å². The van der Waals surface area contributed by atoms with Crippen molar-refractivity contribution in [3.63, 3.8) is 0 Å². The number of likely N-dealkylation sites (N-methyl/N-ethyl adjacent to an activating group) is 1. The standard InChI is InChI=1S/C15H19ClN2O3/c1-2-17(8-9-19)15(21)12-6-5-11(16)10-13(12)18-7-3-4-14(18)20/h5-6,10,19H,2-4,7-9H2,1H3. The zero-order chi connectivity index (χ0) is 15.4. The molecule has 2 rings (SSSR count). The summed E-state index contributed by atoms with van der Waals surface area (Å²) >= 11 is 6.02. The molecule has 0 spiro atoms. The molecule has 1 N–H and O–H groups in total. The van der Waals surface area contributed by atoms with Crippen LogP contribution < -0.4 is 4.90 Å². The van der Waals surface area contributed by atoms with Crippen LogP contribution in [0.25, 0.3) is 0 Å². The molecule has 2 amide bonds. The zero-order valence-corrected chi connectivity index (χ0v) is 12.8. The molecule has 1 aliphatic rings. The van der Waals surface area contributed by atoms with Gasteiger partial charge in [0.05, 0.1) is 17.9 Å². The number of amides is 2. The molecule has 0 atom stereocenters. The van der Waals surface area contributed by atoms with E-state index in [0.717, 1.165) is 6.42 Å². The molecule has 0 radical (unpaired) electrons. The summed E-state index contributed by atoms with van der Waals surface area (Å²) in [5, 5.41) is 9.54. The van der Waals surface area contributed by atoms with E-state index in [2.05, 4.69) is 0 Å². The topological polar surface area (TPSA) is 60.9 Å². The minimum Gasteiger partial charge on any atom is -0.395 e. The molecule has 114 valence electrons. The van der Waals surface area contributed by atoms with Crippen molar-refractivity contribution < 1.29 is 14.7 Å². The highest BCUT2D eigenvalue weighted by Gasteiger charge is 2.27. The number of aliphatic hydroxyl groups is 1. The summed E-state index contributed by atoms with van der Waals surface area (Å²) in [5.74, 6) is -0.186. The number of halogens is 1. The maximum atomic E-state index is 12.6. The van der Waals surface area contributed by atoms with Crippen LogP contribution in [0.5, 0.6) is 0 Å². The van der Waals surface area contributed by atoms with E-state index in [0.29, 0.717) is 35.8 Å². The van der Waals surface area contributed by atoms with E-state index >= 15 is 0 Å². The molecular formula is C15H19ClN2O3. The first-order valence-electron chi connectivity index (χ1n) is 7.08. The van der Waals surface area contributed by atoms with E-state index < -0.39 is 0 Å². The molecular weight excluding hydrogens is 292 g/mol. The van der Waals surface area contributed by atoms with Crippen LogP contribution in [0.1, 0.15) is 30.1 Å². The minimum atomic E-state index is -0.196. The van der Waals surface area contributed by atoms with Crippen LogP contribution in [-0.2, 0) is 4.79 Å². The fourth-order valence-corrected chi connectivity index (χ4v) is 2.67. The summed E-state index contributed by atoms with van der Waals surface area (Å²) in [4.78, 5) is 27.7. The van der Waals surface area contributed by atoms with Crippen molar-refractivity contribution in [2.45, 2.75) is 19.8 Å². The minimum absolute atomic E-state index is 0.0107. The number of anilines is 1. The summed E-state index contributed by atoms with van der Waals surface area (Å²) in [6.07, 6.45) is 1.28. The number of nitrogens with zero attached hydrogens (tertiary/aromatic N) is 2. The van der Waals surface area contributed by atoms with Gasteiger partial charge in [-0.05, 0) is 31.5 Å². The Labute approximate surface area is 129 Å². The van der Waals surface area contributed by atoms with Gasteiger partial charge in [-0.1, -0.05) is 11.6 Å². The summed E-state index contributed by atoms with van der Waals surface area (Å²) < 4.78 is 0. The highest BCUT2D eigenvalue weighted by atomic mass is 35.5. The first kappa shape index (κ1) is 15.8. The molecule has 0 bridgehead atoms. The number of rotatable bonds is 5. The molecule has 1 fully saturated rings. The number of carbonyl (C=O) groups excluding carboxylic acids is 2. The van der Waals surface area contributed by atoms with Gasteiger partial charge in [-0.2, -0.15) is 0 Å². The summed E-state index contributed by atoms with van der Waals surface area (Å²) in [7, 11) is 0. The van der Waals surface area contributed by atoms with Gasteiger partial charge in [-0.3, -0.25) is 9.59 Å². The lowest BCUT2D eigenvalue weighted by Gasteiger charge is -2.24. The Hall–Kier alpha value is -1.59. The van der Waals surface area contributed by atoms with Crippen molar-refractivity contribution in [2.75, 3.05) is 31.1 Å². The molecule has 0 aliphatic carbocycles. The maximum absolute atomic E-state index is 12.6. The van der Waals surface area contributed by atoms with Gasteiger partial charge in [0.2, 0.25) is 5.91 Å². The highest BCUT2D eigenvalue weighted by Crippen LogP contribution is 2.29. The van der Waals surface area contributed by atoms with Gasteiger partial charge in [0.1, 0.15) is 0 Å². The first-order chi connectivity index (χ1) is 10.1. The van der Waals surface area contributed by atoms with Gasteiger partial charge >= 0.3 is 0 Å². The van der Waals surface area contributed by atoms with Crippen LogP contribution in [0.3, 0.4) is 0 Å². The monoisotopic (exact) mass is 310 g/mol. The van der Waals surface area contributed by atoms with Crippen LogP contribution in [0.2, 0.25) is 5.02 Å². The van der Waals surface area contributed by atoms with Crippen LogP contribution in [0, 0.1) is 0 Å². The maximum Gasteiger partial charge on any atom is 0.256 e. The van der Waals surface area contributed by atoms with Gasteiger partial charge in [-0.25, -0.2) is 0 Å². The number of carbonyl (C=O) groups is 2. The predicted octanol–water partition coefficient (Wildman–Crippen LogP) is 1.92. The zero-order valence-electron chi connectivity index (χ0n) is 12.0. The Morgan fingerprint density at radius 2 is 2.24 bits per heavy atom. The fourth-order valence-electron chi connectivity index (χ4n) is 2.51. The molecule has 1 heterocycles. The van der Waals surface area contributed by atoms with Crippen molar-refractivity contribution in [2.24, 2.45) is 0 Å². The van der Waals surface area contributed by atoms with Crippen LogP contribution in [0.4, 0.5) is 5.69 Å². The fraction of sp³-hybridized carbons (Fsp3) is 0.467. The second-order valence-corrected chi connectivity index (χ2v) is 5.36. The molecule has 21 heavy (non-hydrogen) atoms. The summed E-state index contributed by atoms with van der Waals surface area (Å²) in [6.45, 7) is 3.13. The third-order valence-corrected chi connectivity index (χ3v) is 3.83. The quantitative estimate of drug-likeness (QED) is 0.904. The average Bonchev–Trinajstić information content (AvgIpc) is 2.90. The molecule has 1 aromatic carbocycles. The third-order valence-electron chi connectivity index (χ3n) is 3.59. The normalized spacial score (nSPS) is 14.6.